The van der Waals surface area contributed by atoms with E-state index in [9.17, 15) is 4.79 Å². The van der Waals surface area contributed by atoms with Gasteiger partial charge in [-0.15, -0.1) is 6.42 Å². The molecule has 3 heteroatoms. The second-order valence-electron chi connectivity index (χ2n) is 6.43. The number of para-hydroxylation sites is 1. The highest BCUT2D eigenvalue weighted by Crippen LogP contribution is 2.23. The minimum Gasteiger partial charge on any atom is -0.318 e. The molecule has 0 fully saturated rings. The highest BCUT2D eigenvalue weighted by Gasteiger charge is 2.13. The Kier molecular flexibility index (Phi) is 5.78. The molecule has 0 saturated heterocycles. The summed E-state index contributed by atoms with van der Waals surface area (Å²) >= 11 is 3.43. The lowest BCUT2D eigenvalue weighted by Gasteiger charge is -2.09. The second-order valence-corrected chi connectivity index (χ2v) is 7.35. The average molecular weight is 418 g/mol. The van der Waals surface area contributed by atoms with Crippen LogP contribution in [0.3, 0.4) is 0 Å². The third kappa shape index (κ3) is 4.30. The number of halogens is 1. The molecule has 1 heterocycles. The van der Waals surface area contributed by atoms with Crippen molar-refractivity contribution < 1.29 is 4.79 Å². The van der Waals surface area contributed by atoms with Crippen LogP contribution in [0.25, 0.3) is 11.8 Å². The van der Waals surface area contributed by atoms with Gasteiger partial charge in [0.2, 0.25) is 0 Å². The first-order chi connectivity index (χ1) is 13.0. The molecule has 0 aliphatic carbocycles. The van der Waals surface area contributed by atoms with Gasteiger partial charge in [-0.1, -0.05) is 52.2 Å². The molecule has 0 spiro atoms. The SMILES string of the molecule is C#C/C(=C/c1cc(C)n(-c2ccccc2)c1C)C(=O)Cc1cccc(Br)c1. The lowest BCUT2D eigenvalue weighted by atomic mass is 10.0. The molecule has 0 aliphatic heterocycles. The highest BCUT2D eigenvalue weighted by molar-refractivity contribution is 9.10. The van der Waals surface area contributed by atoms with Gasteiger partial charge in [0.05, 0.1) is 5.57 Å². The third-order valence-electron chi connectivity index (χ3n) is 4.49. The fourth-order valence-electron chi connectivity index (χ4n) is 3.19. The number of ketones is 1. The lowest BCUT2D eigenvalue weighted by molar-refractivity contribution is -0.114. The van der Waals surface area contributed by atoms with Crippen LogP contribution >= 0.6 is 15.9 Å². The summed E-state index contributed by atoms with van der Waals surface area (Å²) in [6.07, 6.45) is 7.76. The number of aryl methyl sites for hydroxylation is 1. The monoisotopic (exact) mass is 417 g/mol. The van der Waals surface area contributed by atoms with Crippen LogP contribution in [0.1, 0.15) is 22.5 Å². The molecule has 3 aromatic rings. The van der Waals surface area contributed by atoms with Crippen molar-refractivity contribution in [2.24, 2.45) is 0 Å². The zero-order chi connectivity index (χ0) is 19.4. The topological polar surface area (TPSA) is 22.0 Å². The molecule has 0 atom stereocenters. The van der Waals surface area contributed by atoms with E-state index in [4.69, 9.17) is 6.42 Å². The largest absolute Gasteiger partial charge is 0.318 e. The Hall–Kier alpha value is -2.83. The maximum absolute atomic E-state index is 12.7. The molecule has 0 amide bonds. The Morgan fingerprint density at radius 3 is 2.52 bits per heavy atom. The summed E-state index contributed by atoms with van der Waals surface area (Å²) in [6.45, 7) is 4.09. The van der Waals surface area contributed by atoms with Gasteiger partial charge < -0.3 is 4.57 Å². The molecule has 0 bridgehead atoms. The quantitative estimate of drug-likeness (QED) is 0.386. The summed E-state index contributed by atoms with van der Waals surface area (Å²) in [4.78, 5) is 12.7. The molecule has 2 aromatic carbocycles. The number of hydrogen-bond donors (Lipinski definition) is 0. The standard InChI is InChI=1S/C24H20BrNO/c1-4-20(24(27)15-19-9-8-10-22(25)14-19)16-21-13-17(2)26(18(21)3)23-11-6-5-7-12-23/h1,5-14,16H,15H2,2-3H3/b20-16-. The third-order valence-corrected chi connectivity index (χ3v) is 4.99. The van der Waals surface area contributed by atoms with Gasteiger partial charge in [0.15, 0.2) is 5.78 Å². The van der Waals surface area contributed by atoms with Crippen molar-refractivity contribution in [3.8, 4) is 18.0 Å². The lowest BCUT2D eigenvalue weighted by Crippen LogP contribution is -2.05. The molecule has 2 nitrogen and oxygen atoms in total. The van der Waals surface area contributed by atoms with Crippen LogP contribution in [0.4, 0.5) is 0 Å². The van der Waals surface area contributed by atoms with Crippen molar-refractivity contribution >= 4 is 27.8 Å². The molecule has 0 N–H and O–H groups in total. The summed E-state index contributed by atoms with van der Waals surface area (Å²) in [6, 6.07) is 19.9. The first-order valence-corrected chi connectivity index (χ1v) is 9.49. The van der Waals surface area contributed by atoms with E-state index in [2.05, 4.69) is 51.5 Å². The fraction of sp³-hybridized carbons (Fsp3) is 0.125. The summed E-state index contributed by atoms with van der Waals surface area (Å²) in [7, 11) is 0. The van der Waals surface area contributed by atoms with Crippen LogP contribution in [0.5, 0.6) is 0 Å². The van der Waals surface area contributed by atoms with E-state index < -0.39 is 0 Å². The van der Waals surface area contributed by atoms with Crippen LogP contribution in [-0.4, -0.2) is 10.4 Å². The van der Waals surface area contributed by atoms with Gasteiger partial charge in [0.1, 0.15) is 0 Å². The molecule has 3 rings (SSSR count). The predicted molar refractivity (Wildman–Crippen MR) is 115 cm³/mol. The first-order valence-electron chi connectivity index (χ1n) is 8.70. The van der Waals surface area contributed by atoms with Crippen LogP contribution in [0.15, 0.2) is 70.7 Å². The fourth-order valence-corrected chi connectivity index (χ4v) is 3.64. The Balaban J connectivity index is 1.92. The smallest absolute Gasteiger partial charge is 0.175 e. The Morgan fingerprint density at radius 2 is 1.85 bits per heavy atom. The van der Waals surface area contributed by atoms with Crippen molar-refractivity contribution in [3.05, 3.63) is 93.2 Å². The maximum atomic E-state index is 12.7. The van der Waals surface area contributed by atoms with E-state index in [1.807, 2.05) is 55.5 Å². The van der Waals surface area contributed by atoms with Crippen molar-refractivity contribution in [3.63, 3.8) is 0 Å². The predicted octanol–water partition coefficient (Wildman–Crippen LogP) is 5.69. The van der Waals surface area contributed by atoms with Crippen molar-refractivity contribution in [1.82, 2.24) is 4.57 Å². The molecule has 0 aliphatic rings. The molecule has 27 heavy (non-hydrogen) atoms. The van der Waals surface area contributed by atoms with Gasteiger partial charge in [-0.3, -0.25) is 4.79 Å². The number of Topliss-reactive ketones (excluding diaryl/α,β-unsaturated/α-hetero) is 1. The molecule has 134 valence electrons. The molecule has 0 radical (unpaired) electrons. The van der Waals surface area contributed by atoms with Crippen LogP contribution in [0.2, 0.25) is 0 Å². The Morgan fingerprint density at radius 1 is 1.11 bits per heavy atom. The average Bonchev–Trinajstić information content (AvgIpc) is 2.93. The molecule has 0 saturated carbocycles. The number of benzene rings is 2. The van der Waals surface area contributed by atoms with E-state index in [0.29, 0.717) is 5.57 Å². The molecule has 1 aromatic heterocycles. The number of nitrogens with zero attached hydrogens (tertiary/aromatic N) is 1. The van der Waals surface area contributed by atoms with Crippen molar-refractivity contribution in [2.75, 3.05) is 0 Å². The molecular weight excluding hydrogens is 398 g/mol. The normalized spacial score (nSPS) is 11.3. The van der Waals surface area contributed by atoms with Gasteiger partial charge in [0, 0.05) is 28.0 Å². The summed E-state index contributed by atoms with van der Waals surface area (Å²) in [5, 5.41) is 0. The van der Waals surface area contributed by atoms with Gasteiger partial charge in [0.25, 0.3) is 0 Å². The van der Waals surface area contributed by atoms with Gasteiger partial charge in [-0.05, 0) is 61.4 Å². The minimum atomic E-state index is -0.0554. The number of terminal acetylenes is 1. The summed E-state index contributed by atoms with van der Waals surface area (Å²) in [5.41, 5.74) is 5.54. The minimum absolute atomic E-state index is 0.0554. The number of hydrogen-bond acceptors (Lipinski definition) is 1. The van der Waals surface area contributed by atoms with Crippen LogP contribution in [0, 0.1) is 26.2 Å². The van der Waals surface area contributed by atoms with E-state index >= 15 is 0 Å². The van der Waals surface area contributed by atoms with Gasteiger partial charge >= 0.3 is 0 Å². The number of rotatable bonds is 5. The number of carbonyl (C=O) groups is 1. The van der Waals surface area contributed by atoms with Crippen molar-refractivity contribution in [2.45, 2.75) is 20.3 Å². The Labute approximate surface area is 168 Å². The number of carbonyl (C=O) groups excluding carboxylic acids is 1. The molecular formula is C24H20BrNO. The van der Waals surface area contributed by atoms with E-state index in [1.165, 1.54) is 0 Å². The summed E-state index contributed by atoms with van der Waals surface area (Å²) in [5.74, 6) is 2.52. The highest BCUT2D eigenvalue weighted by atomic mass is 79.9. The summed E-state index contributed by atoms with van der Waals surface area (Å²) < 4.78 is 3.11. The van der Waals surface area contributed by atoms with Crippen molar-refractivity contribution in [1.29, 1.82) is 0 Å². The second kappa shape index (κ2) is 8.24. The number of aromatic nitrogens is 1. The van der Waals surface area contributed by atoms with E-state index in [0.717, 1.165) is 32.7 Å². The maximum Gasteiger partial charge on any atom is 0.175 e. The first kappa shape index (κ1) is 18.9. The zero-order valence-electron chi connectivity index (χ0n) is 15.4. The zero-order valence-corrected chi connectivity index (χ0v) is 17.0. The number of allylic oxidation sites excluding steroid dienone is 1. The van der Waals surface area contributed by atoms with Gasteiger partial charge in [-0.2, -0.15) is 0 Å². The van der Waals surface area contributed by atoms with Crippen LogP contribution < -0.4 is 0 Å². The van der Waals surface area contributed by atoms with E-state index in [1.54, 1.807) is 0 Å². The molecule has 0 unspecified atom stereocenters. The Bertz CT molecular complexity index is 1050. The van der Waals surface area contributed by atoms with Crippen LogP contribution in [-0.2, 0) is 11.2 Å². The van der Waals surface area contributed by atoms with Gasteiger partial charge in [-0.25, -0.2) is 0 Å². The van der Waals surface area contributed by atoms with E-state index in [-0.39, 0.29) is 12.2 Å².